The molecule has 0 saturated carbocycles. The molecule has 0 aliphatic rings. The van der Waals surface area contributed by atoms with Crippen molar-refractivity contribution < 1.29 is 0 Å². The molecule has 1 aromatic carbocycles. The summed E-state index contributed by atoms with van der Waals surface area (Å²) in [6.07, 6.45) is 1.29. The number of hydrogen-bond donors (Lipinski definition) is 0. The Labute approximate surface area is 72.1 Å². The van der Waals surface area contributed by atoms with Crippen molar-refractivity contribution in [2.45, 2.75) is 25.8 Å². The van der Waals surface area contributed by atoms with Crippen LogP contribution < -0.4 is 0 Å². The van der Waals surface area contributed by atoms with Crippen molar-refractivity contribution in [2.75, 3.05) is 0 Å². The van der Waals surface area contributed by atoms with E-state index >= 15 is 0 Å². The van der Waals surface area contributed by atoms with Crippen molar-refractivity contribution >= 4 is 10.2 Å². The van der Waals surface area contributed by atoms with E-state index < -0.39 is 0 Å². The molecule has 1 aromatic rings. The van der Waals surface area contributed by atoms with E-state index in [2.05, 4.69) is 38.1 Å². The van der Waals surface area contributed by atoms with Crippen molar-refractivity contribution in [3.63, 3.8) is 0 Å². The lowest BCUT2D eigenvalue weighted by Crippen LogP contribution is -1.98. The zero-order valence-electron chi connectivity index (χ0n) is 7.59. The van der Waals surface area contributed by atoms with Crippen LogP contribution in [-0.4, -0.2) is 10.2 Å². The van der Waals surface area contributed by atoms with Crippen LogP contribution >= 0.6 is 0 Å². The first-order valence-electron chi connectivity index (χ1n) is 4.31. The summed E-state index contributed by atoms with van der Waals surface area (Å²) in [5.74, 6) is 0. The first-order chi connectivity index (χ1) is 5.25. The predicted octanol–water partition coefficient (Wildman–Crippen LogP) is 1.81. The zero-order valence-corrected chi connectivity index (χ0v) is 9.59. The van der Waals surface area contributed by atoms with Gasteiger partial charge in [0.1, 0.15) is 0 Å². The molecule has 0 saturated heterocycles. The van der Waals surface area contributed by atoms with Gasteiger partial charge in [0.15, 0.2) is 0 Å². The van der Waals surface area contributed by atoms with Gasteiger partial charge in [0.05, 0.1) is 0 Å². The lowest BCUT2D eigenvalue weighted by atomic mass is 10.0. The second-order valence-electron chi connectivity index (χ2n) is 3.17. The van der Waals surface area contributed by atoms with Gasteiger partial charge in [-0.05, 0) is 23.6 Å². The molecule has 0 aromatic heterocycles. The van der Waals surface area contributed by atoms with Gasteiger partial charge in [0.25, 0.3) is 0 Å². The third-order valence-electron chi connectivity index (χ3n) is 2.33. The van der Waals surface area contributed by atoms with Crippen LogP contribution in [-0.2, 0) is 0 Å². The summed E-state index contributed by atoms with van der Waals surface area (Å²) in [6.45, 7) is 4.47. The largest absolute Gasteiger partial charge is 0.0651 e. The molecule has 0 spiro atoms. The summed E-state index contributed by atoms with van der Waals surface area (Å²) >= 11 is 0. The number of benzene rings is 1. The molecule has 0 heterocycles. The summed E-state index contributed by atoms with van der Waals surface area (Å²) in [4.78, 5) is 0. The molecule has 0 aliphatic heterocycles. The van der Waals surface area contributed by atoms with Crippen molar-refractivity contribution in [2.24, 2.45) is 0 Å². The third-order valence-corrected chi connectivity index (χ3v) is 3.77. The molecule has 0 nitrogen and oxygen atoms in total. The molecule has 0 radical (unpaired) electrons. The van der Waals surface area contributed by atoms with Crippen LogP contribution in [0.5, 0.6) is 0 Å². The molecule has 11 heavy (non-hydrogen) atoms. The predicted molar refractivity (Wildman–Crippen MR) is 54.2 cm³/mol. The van der Waals surface area contributed by atoms with Gasteiger partial charge < -0.3 is 0 Å². The SMILES string of the molecule is CCC([SiH3])c1ccccc1C. The summed E-state index contributed by atoms with van der Waals surface area (Å²) in [6, 6.07) is 8.72. The maximum atomic E-state index is 2.27. The van der Waals surface area contributed by atoms with Crippen LogP contribution in [0, 0.1) is 6.92 Å². The van der Waals surface area contributed by atoms with Crippen LogP contribution in [0.1, 0.15) is 30.0 Å². The molecule has 1 rings (SSSR count). The monoisotopic (exact) mass is 164 g/mol. The minimum atomic E-state index is 0.844. The second-order valence-corrected chi connectivity index (χ2v) is 4.56. The molecule has 0 N–H and O–H groups in total. The Bertz CT molecular complexity index is 230. The van der Waals surface area contributed by atoms with E-state index in [4.69, 9.17) is 0 Å². The van der Waals surface area contributed by atoms with Gasteiger partial charge in [-0.2, -0.15) is 0 Å². The zero-order chi connectivity index (χ0) is 8.27. The lowest BCUT2D eigenvalue weighted by Gasteiger charge is -2.11. The van der Waals surface area contributed by atoms with E-state index in [0.717, 1.165) is 5.54 Å². The van der Waals surface area contributed by atoms with E-state index in [1.54, 1.807) is 5.56 Å². The van der Waals surface area contributed by atoms with Gasteiger partial charge >= 0.3 is 0 Å². The van der Waals surface area contributed by atoms with Gasteiger partial charge in [-0.15, -0.1) is 0 Å². The van der Waals surface area contributed by atoms with E-state index in [9.17, 15) is 0 Å². The average Bonchev–Trinajstić information content (AvgIpc) is 2.04. The topological polar surface area (TPSA) is 0 Å². The molecule has 1 atom stereocenters. The van der Waals surface area contributed by atoms with Crippen molar-refractivity contribution in [3.8, 4) is 0 Å². The molecular weight excluding hydrogens is 148 g/mol. The Kier molecular flexibility index (Phi) is 2.89. The second kappa shape index (κ2) is 3.72. The Morgan fingerprint density at radius 3 is 2.55 bits per heavy atom. The first-order valence-corrected chi connectivity index (χ1v) is 5.46. The van der Waals surface area contributed by atoms with E-state index in [1.165, 1.54) is 22.2 Å². The number of rotatable bonds is 2. The van der Waals surface area contributed by atoms with Gasteiger partial charge in [0.2, 0.25) is 0 Å². The summed E-state index contributed by atoms with van der Waals surface area (Å²) in [5.41, 5.74) is 3.85. The molecule has 0 bridgehead atoms. The summed E-state index contributed by atoms with van der Waals surface area (Å²) in [5, 5.41) is 0. The maximum Gasteiger partial charge on any atom is 0.0123 e. The van der Waals surface area contributed by atoms with Crippen LogP contribution in [0.25, 0.3) is 0 Å². The molecule has 1 unspecified atom stereocenters. The normalized spacial score (nSPS) is 13.3. The molecule has 1 heteroatoms. The highest BCUT2D eigenvalue weighted by Gasteiger charge is 2.03. The fourth-order valence-corrected chi connectivity index (χ4v) is 2.01. The van der Waals surface area contributed by atoms with Crippen molar-refractivity contribution in [3.05, 3.63) is 35.4 Å². The lowest BCUT2D eigenvalue weighted by molar-refractivity contribution is 0.874. The minimum Gasteiger partial charge on any atom is -0.0651 e. The number of hydrogen-bond acceptors (Lipinski definition) is 0. The fraction of sp³-hybridized carbons (Fsp3) is 0.400. The highest BCUT2D eigenvalue weighted by Crippen LogP contribution is 2.18. The maximum absolute atomic E-state index is 2.27. The van der Waals surface area contributed by atoms with Crippen LogP contribution in [0.2, 0.25) is 0 Å². The molecular formula is C10H16Si. The Balaban J connectivity index is 2.93. The van der Waals surface area contributed by atoms with Crippen LogP contribution in [0.15, 0.2) is 24.3 Å². The highest BCUT2D eigenvalue weighted by molar-refractivity contribution is 6.12. The first kappa shape index (κ1) is 8.53. The average molecular weight is 164 g/mol. The standard InChI is InChI=1S/C10H16Si/c1-3-10(11)9-7-5-4-6-8(9)2/h4-7,10H,3H2,1-2,11H3. The fourth-order valence-electron chi connectivity index (χ4n) is 1.36. The smallest absolute Gasteiger partial charge is 0.0123 e. The molecule has 0 fully saturated rings. The van der Waals surface area contributed by atoms with E-state index in [-0.39, 0.29) is 0 Å². The Morgan fingerprint density at radius 2 is 2.00 bits per heavy atom. The molecule has 60 valence electrons. The van der Waals surface area contributed by atoms with Gasteiger partial charge in [-0.3, -0.25) is 0 Å². The Morgan fingerprint density at radius 1 is 1.36 bits per heavy atom. The third kappa shape index (κ3) is 1.93. The Hall–Kier alpha value is -0.563. The van der Waals surface area contributed by atoms with E-state index in [1.807, 2.05) is 0 Å². The summed E-state index contributed by atoms with van der Waals surface area (Å²) < 4.78 is 0. The highest BCUT2D eigenvalue weighted by atomic mass is 28.1. The van der Waals surface area contributed by atoms with Gasteiger partial charge in [0, 0.05) is 10.2 Å². The van der Waals surface area contributed by atoms with Gasteiger partial charge in [-0.25, -0.2) is 0 Å². The molecule has 0 aliphatic carbocycles. The quantitative estimate of drug-likeness (QED) is 0.585. The molecule has 0 amide bonds. The summed E-state index contributed by atoms with van der Waals surface area (Å²) in [7, 11) is 1.28. The van der Waals surface area contributed by atoms with Crippen molar-refractivity contribution in [1.29, 1.82) is 0 Å². The number of aryl methyl sites for hydroxylation is 1. The van der Waals surface area contributed by atoms with Crippen LogP contribution in [0.4, 0.5) is 0 Å². The van der Waals surface area contributed by atoms with E-state index in [0.29, 0.717) is 0 Å². The van der Waals surface area contributed by atoms with Gasteiger partial charge in [-0.1, -0.05) is 37.6 Å². The minimum absolute atomic E-state index is 0.844. The van der Waals surface area contributed by atoms with Crippen LogP contribution in [0.3, 0.4) is 0 Å². The van der Waals surface area contributed by atoms with Crippen molar-refractivity contribution in [1.82, 2.24) is 0 Å².